The largest absolute Gasteiger partial charge is 0.447 e. The van der Waals surface area contributed by atoms with Gasteiger partial charge >= 0.3 is 6.09 Å². The SMILES string of the molecule is C[C@](C(=O)N1C(=O)OC[C@H]1Cc1ccccc1)(c1ccccc1)C1CCCC1. The van der Waals surface area contributed by atoms with Gasteiger partial charge in [-0.2, -0.15) is 0 Å². The normalized spacial score (nSPS) is 22.1. The maximum atomic E-state index is 13.9. The summed E-state index contributed by atoms with van der Waals surface area (Å²) in [7, 11) is 0. The highest BCUT2D eigenvalue weighted by Crippen LogP contribution is 2.44. The first-order chi connectivity index (χ1) is 13.6. The smallest absolute Gasteiger partial charge is 0.417 e. The maximum absolute atomic E-state index is 13.9. The Morgan fingerprint density at radius 1 is 1.04 bits per heavy atom. The molecular formula is C24H27NO3. The molecule has 4 nitrogen and oxygen atoms in total. The van der Waals surface area contributed by atoms with Gasteiger partial charge in [0.15, 0.2) is 0 Å². The molecule has 1 aliphatic heterocycles. The molecule has 0 radical (unpaired) electrons. The fourth-order valence-corrected chi connectivity index (χ4v) is 4.82. The second kappa shape index (κ2) is 7.78. The van der Waals surface area contributed by atoms with Crippen LogP contribution in [0.1, 0.15) is 43.7 Å². The molecule has 2 fully saturated rings. The summed E-state index contributed by atoms with van der Waals surface area (Å²) in [6, 6.07) is 19.7. The number of cyclic esters (lactones) is 1. The van der Waals surface area contributed by atoms with Crippen molar-refractivity contribution in [1.82, 2.24) is 4.90 Å². The zero-order chi connectivity index (χ0) is 19.6. The number of hydrogen-bond donors (Lipinski definition) is 0. The zero-order valence-corrected chi connectivity index (χ0v) is 16.3. The minimum absolute atomic E-state index is 0.117. The van der Waals surface area contributed by atoms with Crippen LogP contribution < -0.4 is 0 Å². The number of rotatable bonds is 5. The van der Waals surface area contributed by atoms with E-state index in [0.717, 1.165) is 36.8 Å². The number of nitrogens with zero attached hydrogens (tertiary/aromatic N) is 1. The molecule has 1 heterocycles. The number of carbonyl (C=O) groups is 2. The van der Waals surface area contributed by atoms with Gasteiger partial charge in [0.05, 0.1) is 11.5 Å². The van der Waals surface area contributed by atoms with Gasteiger partial charge in [0, 0.05) is 0 Å². The first-order valence-corrected chi connectivity index (χ1v) is 10.2. The van der Waals surface area contributed by atoms with Gasteiger partial charge in [-0.05, 0) is 43.2 Å². The second-order valence-electron chi connectivity index (χ2n) is 8.15. The Morgan fingerprint density at radius 2 is 1.64 bits per heavy atom. The van der Waals surface area contributed by atoms with Crippen molar-refractivity contribution in [2.75, 3.05) is 6.61 Å². The molecule has 4 heteroatoms. The van der Waals surface area contributed by atoms with Gasteiger partial charge in [0.1, 0.15) is 6.61 Å². The molecule has 28 heavy (non-hydrogen) atoms. The first-order valence-electron chi connectivity index (χ1n) is 10.2. The molecule has 0 spiro atoms. The quantitative estimate of drug-likeness (QED) is 0.757. The number of amides is 2. The van der Waals surface area contributed by atoms with Gasteiger partial charge in [-0.25, -0.2) is 9.69 Å². The Labute approximate surface area is 166 Å². The van der Waals surface area contributed by atoms with E-state index in [1.165, 1.54) is 4.90 Å². The molecule has 4 rings (SSSR count). The minimum Gasteiger partial charge on any atom is -0.447 e. The van der Waals surface area contributed by atoms with Crippen molar-refractivity contribution in [1.29, 1.82) is 0 Å². The van der Waals surface area contributed by atoms with Crippen molar-refractivity contribution < 1.29 is 14.3 Å². The van der Waals surface area contributed by atoms with Crippen LogP contribution in [-0.2, 0) is 21.4 Å². The first kappa shape index (κ1) is 18.7. The Balaban J connectivity index is 1.67. The van der Waals surface area contributed by atoms with Gasteiger partial charge < -0.3 is 4.74 Å². The van der Waals surface area contributed by atoms with Gasteiger partial charge in [-0.1, -0.05) is 73.5 Å². The molecule has 2 atom stereocenters. The third-order valence-electron chi connectivity index (χ3n) is 6.48. The molecule has 1 aliphatic carbocycles. The number of benzene rings is 2. The lowest BCUT2D eigenvalue weighted by molar-refractivity contribution is -0.136. The van der Waals surface area contributed by atoms with E-state index in [-0.39, 0.29) is 24.5 Å². The fourth-order valence-electron chi connectivity index (χ4n) is 4.82. The summed E-state index contributed by atoms with van der Waals surface area (Å²) in [6.07, 6.45) is 4.42. The van der Waals surface area contributed by atoms with Gasteiger partial charge in [0.2, 0.25) is 5.91 Å². The molecule has 0 aromatic heterocycles. The number of ether oxygens (including phenoxy) is 1. The lowest BCUT2D eigenvalue weighted by Crippen LogP contribution is -2.52. The lowest BCUT2D eigenvalue weighted by atomic mass is 9.69. The van der Waals surface area contributed by atoms with E-state index in [9.17, 15) is 9.59 Å². The molecule has 2 amide bonds. The monoisotopic (exact) mass is 377 g/mol. The summed E-state index contributed by atoms with van der Waals surface area (Å²) in [6.45, 7) is 2.28. The number of carbonyl (C=O) groups excluding carboxylic acids is 2. The highest BCUT2D eigenvalue weighted by Gasteiger charge is 2.51. The van der Waals surface area contributed by atoms with Crippen molar-refractivity contribution in [3.05, 3.63) is 71.8 Å². The predicted octanol–water partition coefficient (Wildman–Crippen LogP) is 4.72. The van der Waals surface area contributed by atoms with Crippen molar-refractivity contribution in [3.63, 3.8) is 0 Å². The summed E-state index contributed by atoms with van der Waals surface area (Å²) in [5.41, 5.74) is 1.38. The molecule has 0 unspecified atom stereocenters. The van der Waals surface area contributed by atoms with Crippen LogP contribution in [0.4, 0.5) is 4.79 Å². The van der Waals surface area contributed by atoms with Gasteiger partial charge in [-0.3, -0.25) is 4.79 Å². The summed E-state index contributed by atoms with van der Waals surface area (Å²) in [4.78, 5) is 27.9. The highest BCUT2D eigenvalue weighted by molar-refractivity contribution is 5.99. The van der Waals surface area contributed by atoms with Crippen molar-refractivity contribution in [2.45, 2.75) is 50.5 Å². The molecular weight excluding hydrogens is 350 g/mol. The highest BCUT2D eigenvalue weighted by atomic mass is 16.6. The van der Waals surface area contributed by atoms with E-state index in [2.05, 4.69) is 0 Å². The van der Waals surface area contributed by atoms with Crippen LogP contribution >= 0.6 is 0 Å². The van der Waals surface area contributed by atoms with Crippen LogP contribution in [0.3, 0.4) is 0 Å². The van der Waals surface area contributed by atoms with E-state index in [4.69, 9.17) is 4.74 Å². The average Bonchev–Trinajstić information content (AvgIpc) is 3.39. The topological polar surface area (TPSA) is 46.6 Å². The van der Waals surface area contributed by atoms with E-state index >= 15 is 0 Å². The van der Waals surface area contributed by atoms with E-state index in [1.54, 1.807) is 0 Å². The fraction of sp³-hybridized carbons (Fsp3) is 0.417. The van der Waals surface area contributed by atoms with Crippen LogP contribution in [0.2, 0.25) is 0 Å². The Kier molecular flexibility index (Phi) is 5.21. The lowest BCUT2D eigenvalue weighted by Gasteiger charge is -2.38. The van der Waals surface area contributed by atoms with Gasteiger partial charge in [0.25, 0.3) is 0 Å². The summed E-state index contributed by atoms with van der Waals surface area (Å²) < 4.78 is 5.33. The number of imide groups is 1. The van der Waals surface area contributed by atoms with Crippen LogP contribution in [0, 0.1) is 5.92 Å². The molecule has 0 bridgehead atoms. The number of hydrogen-bond acceptors (Lipinski definition) is 3. The van der Waals surface area contributed by atoms with Crippen LogP contribution in [0.15, 0.2) is 60.7 Å². The minimum atomic E-state index is -0.712. The van der Waals surface area contributed by atoms with Crippen LogP contribution in [-0.4, -0.2) is 29.5 Å². The van der Waals surface area contributed by atoms with Crippen molar-refractivity contribution in [2.24, 2.45) is 5.92 Å². The standard InChI is InChI=1S/C24H27NO3/c1-24(20-14-8-9-15-20,19-12-6-3-7-13-19)22(26)25-21(17-28-23(25)27)16-18-10-4-2-5-11-18/h2-7,10-13,20-21H,8-9,14-17H2,1H3/t21-,24+/m1/s1. The van der Waals surface area contributed by atoms with Crippen LogP contribution in [0.5, 0.6) is 0 Å². The van der Waals surface area contributed by atoms with E-state index in [1.807, 2.05) is 67.6 Å². The average molecular weight is 377 g/mol. The summed E-state index contributed by atoms with van der Waals surface area (Å²) in [5.74, 6) is 0.127. The Morgan fingerprint density at radius 3 is 2.29 bits per heavy atom. The third kappa shape index (κ3) is 3.32. The second-order valence-corrected chi connectivity index (χ2v) is 8.15. The summed E-state index contributed by atoms with van der Waals surface area (Å²) >= 11 is 0. The molecule has 2 aliphatic rings. The third-order valence-corrected chi connectivity index (χ3v) is 6.48. The van der Waals surface area contributed by atoms with Crippen molar-refractivity contribution >= 4 is 12.0 Å². The Hall–Kier alpha value is -2.62. The zero-order valence-electron chi connectivity index (χ0n) is 16.3. The molecule has 2 aromatic carbocycles. The summed E-state index contributed by atoms with van der Waals surface area (Å²) in [5, 5.41) is 0. The van der Waals surface area contributed by atoms with Crippen LogP contribution in [0.25, 0.3) is 0 Å². The Bertz CT molecular complexity index is 829. The molecule has 1 saturated heterocycles. The molecule has 2 aromatic rings. The maximum Gasteiger partial charge on any atom is 0.417 e. The van der Waals surface area contributed by atoms with E-state index in [0.29, 0.717) is 6.42 Å². The molecule has 1 saturated carbocycles. The van der Waals surface area contributed by atoms with Gasteiger partial charge in [-0.15, -0.1) is 0 Å². The predicted molar refractivity (Wildman–Crippen MR) is 108 cm³/mol. The van der Waals surface area contributed by atoms with E-state index < -0.39 is 11.5 Å². The van der Waals surface area contributed by atoms with Crippen molar-refractivity contribution in [3.8, 4) is 0 Å². The molecule has 0 N–H and O–H groups in total. The molecule has 146 valence electrons.